The maximum Gasteiger partial charge on any atom is 0.195 e. The standard InChI is InChI=1S/C29H29ClN2O2/c30-23-12-10-22(11-13-23)27(29(34)28(33)25-19-31-26-9-5-4-8-24(25)26)32-16-14-21(15-17-32)18-20-6-2-1-3-7-20/h1-13,19,21,27,29,31,34H,14-18H2/t27-,29+/m0/s1. The van der Waals surface area contributed by atoms with Gasteiger partial charge in [0.15, 0.2) is 5.78 Å². The maximum atomic E-state index is 13.5. The summed E-state index contributed by atoms with van der Waals surface area (Å²) in [6.07, 6.45) is 3.67. The van der Waals surface area contributed by atoms with E-state index in [2.05, 4.69) is 40.2 Å². The molecule has 1 saturated heterocycles. The molecule has 0 spiro atoms. The van der Waals surface area contributed by atoms with Crippen molar-refractivity contribution in [1.29, 1.82) is 0 Å². The first-order valence-corrected chi connectivity index (χ1v) is 12.3. The number of carbonyl (C=O) groups excluding carboxylic acids is 1. The third-order valence-electron chi connectivity index (χ3n) is 7.04. The van der Waals surface area contributed by atoms with Gasteiger partial charge in [0.05, 0.1) is 6.04 Å². The zero-order valence-corrected chi connectivity index (χ0v) is 19.8. The van der Waals surface area contributed by atoms with Crippen molar-refractivity contribution in [1.82, 2.24) is 9.88 Å². The SMILES string of the molecule is O=C(c1c[nH]c2ccccc12)[C@H](O)[C@H](c1ccc(Cl)cc1)N1CCC(Cc2ccccc2)CC1. The number of Topliss-reactive ketones (excluding diaryl/α,β-unsaturated/α-hetero) is 1. The summed E-state index contributed by atoms with van der Waals surface area (Å²) in [6.45, 7) is 1.67. The second-order valence-electron chi connectivity index (χ2n) is 9.22. The predicted octanol–water partition coefficient (Wildman–Crippen LogP) is 6.06. The molecule has 2 atom stereocenters. The Morgan fingerprint density at radius 3 is 2.38 bits per heavy atom. The Morgan fingerprint density at radius 2 is 1.65 bits per heavy atom. The summed E-state index contributed by atoms with van der Waals surface area (Å²) in [5.41, 5.74) is 3.69. The lowest BCUT2D eigenvalue weighted by atomic mass is 9.87. The molecule has 5 heteroatoms. The van der Waals surface area contributed by atoms with E-state index >= 15 is 0 Å². The highest BCUT2D eigenvalue weighted by Crippen LogP contribution is 2.33. The number of hydrogen-bond acceptors (Lipinski definition) is 3. The van der Waals surface area contributed by atoms with Crippen molar-refractivity contribution in [3.05, 3.63) is 107 Å². The van der Waals surface area contributed by atoms with Crippen molar-refractivity contribution >= 4 is 28.3 Å². The molecule has 0 amide bonds. The lowest BCUT2D eigenvalue weighted by Gasteiger charge is -2.39. The van der Waals surface area contributed by atoms with Crippen LogP contribution < -0.4 is 0 Å². The second-order valence-corrected chi connectivity index (χ2v) is 9.66. The number of nitrogens with one attached hydrogen (secondary N) is 1. The number of piperidine rings is 1. The molecule has 2 N–H and O–H groups in total. The Hall–Kier alpha value is -2.92. The van der Waals surface area contributed by atoms with Gasteiger partial charge in [0.2, 0.25) is 0 Å². The number of nitrogens with zero attached hydrogens (tertiary/aromatic N) is 1. The van der Waals surface area contributed by atoms with Crippen LogP contribution in [0.5, 0.6) is 0 Å². The lowest BCUT2D eigenvalue weighted by Crippen LogP contribution is -2.44. The molecule has 0 saturated carbocycles. The summed E-state index contributed by atoms with van der Waals surface area (Å²) < 4.78 is 0. The smallest absolute Gasteiger partial charge is 0.195 e. The molecular formula is C29H29ClN2O2. The van der Waals surface area contributed by atoms with Gasteiger partial charge in [-0.25, -0.2) is 0 Å². The van der Waals surface area contributed by atoms with Gasteiger partial charge in [0.1, 0.15) is 6.10 Å². The van der Waals surface area contributed by atoms with Crippen LogP contribution in [0.25, 0.3) is 10.9 Å². The number of aliphatic hydroxyl groups excluding tert-OH is 1. The van der Waals surface area contributed by atoms with Gasteiger partial charge in [-0.2, -0.15) is 0 Å². The molecule has 1 aliphatic heterocycles. The van der Waals surface area contributed by atoms with Crippen molar-refractivity contribution in [2.24, 2.45) is 5.92 Å². The molecule has 34 heavy (non-hydrogen) atoms. The van der Waals surface area contributed by atoms with Crippen LogP contribution in [0.1, 0.15) is 40.4 Å². The highest BCUT2D eigenvalue weighted by Gasteiger charge is 2.36. The third-order valence-corrected chi connectivity index (χ3v) is 7.30. The van der Waals surface area contributed by atoms with Crippen molar-refractivity contribution in [3.63, 3.8) is 0 Å². The fourth-order valence-corrected chi connectivity index (χ4v) is 5.34. The molecule has 4 aromatic rings. The summed E-state index contributed by atoms with van der Waals surface area (Å²) in [6, 6.07) is 25.4. The number of fused-ring (bicyclic) bond motifs is 1. The van der Waals surface area contributed by atoms with Crippen molar-refractivity contribution < 1.29 is 9.90 Å². The number of hydrogen-bond donors (Lipinski definition) is 2. The molecule has 174 valence electrons. The first-order valence-electron chi connectivity index (χ1n) is 11.9. The van der Waals surface area contributed by atoms with Gasteiger partial charge in [-0.1, -0.05) is 72.3 Å². The Morgan fingerprint density at radius 1 is 0.971 bits per heavy atom. The molecule has 5 rings (SSSR count). The van der Waals surface area contributed by atoms with Crippen LogP contribution >= 0.6 is 11.6 Å². The minimum absolute atomic E-state index is 0.260. The minimum Gasteiger partial charge on any atom is -0.383 e. The summed E-state index contributed by atoms with van der Waals surface area (Å²) >= 11 is 6.14. The number of H-pyrrole nitrogens is 1. The number of para-hydroxylation sites is 1. The number of carbonyl (C=O) groups is 1. The van der Waals surface area contributed by atoms with E-state index in [-0.39, 0.29) is 5.78 Å². The first-order chi connectivity index (χ1) is 16.6. The van der Waals surface area contributed by atoms with Gasteiger partial charge < -0.3 is 10.1 Å². The molecule has 0 aliphatic carbocycles. The number of aliphatic hydroxyl groups is 1. The number of ketones is 1. The van der Waals surface area contributed by atoms with Crippen LogP contribution in [0.4, 0.5) is 0 Å². The zero-order chi connectivity index (χ0) is 23.5. The Balaban J connectivity index is 1.37. The largest absolute Gasteiger partial charge is 0.383 e. The maximum absolute atomic E-state index is 13.5. The monoisotopic (exact) mass is 472 g/mol. The Labute approximate surface area is 205 Å². The van der Waals surface area contributed by atoms with Crippen LogP contribution in [0, 0.1) is 5.92 Å². The third kappa shape index (κ3) is 4.80. The zero-order valence-electron chi connectivity index (χ0n) is 19.0. The van der Waals surface area contributed by atoms with E-state index in [0.717, 1.165) is 48.8 Å². The highest BCUT2D eigenvalue weighted by molar-refractivity contribution is 6.30. The summed E-state index contributed by atoms with van der Waals surface area (Å²) in [5.74, 6) is 0.342. The van der Waals surface area contributed by atoms with Crippen LogP contribution in [-0.4, -0.2) is 40.0 Å². The molecule has 1 aliphatic rings. The number of aromatic amines is 1. The average molecular weight is 473 g/mol. The normalized spacial score (nSPS) is 17.0. The number of halogens is 1. The molecule has 4 nitrogen and oxygen atoms in total. The number of rotatable bonds is 7. The topological polar surface area (TPSA) is 56.3 Å². The molecule has 0 radical (unpaired) electrons. The van der Waals surface area contributed by atoms with Crippen LogP contribution in [0.15, 0.2) is 85.1 Å². The molecule has 2 heterocycles. The van der Waals surface area contributed by atoms with Gasteiger partial charge in [-0.15, -0.1) is 0 Å². The fraction of sp³-hybridized carbons (Fsp3) is 0.276. The van der Waals surface area contributed by atoms with Crippen molar-refractivity contribution in [3.8, 4) is 0 Å². The quantitative estimate of drug-likeness (QED) is 0.321. The summed E-state index contributed by atoms with van der Waals surface area (Å²) in [5, 5.41) is 12.9. The van der Waals surface area contributed by atoms with Gasteiger partial charge in [-0.3, -0.25) is 9.69 Å². The van der Waals surface area contributed by atoms with Gasteiger partial charge >= 0.3 is 0 Å². The molecule has 3 aromatic carbocycles. The van der Waals surface area contributed by atoms with Gasteiger partial charge in [-0.05, 0) is 67.6 Å². The van der Waals surface area contributed by atoms with Crippen molar-refractivity contribution in [2.45, 2.75) is 31.4 Å². The highest BCUT2D eigenvalue weighted by atomic mass is 35.5. The average Bonchev–Trinajstić information content (AvgIpc) is 3.31. The molecule has 1 aromatic heterocycles. The molecule has 1 fully saturated rings. The fourth-order valence-electron chi connectivity index (χ4n) is 5.21. The van der Waals surface area contributed by atoms with Gasteiger partial charge in [0, 0.05) is 27.7 Å². The molecule has 0 bridgehead atoms. The number of aromatic nitrogens is 1. The van der Waals surface area contributed by atoms with Crippen LogP contribution in [0.2, 0.25) is 5.02 Å². The lowest BCUT2D eigenvalue weighted by molar-refractivity contribution is 0.0265. The van der Waals surface area contributed by atoms with Gasteiger partial charge in [0.25, 0.3) is 0 Å². The summed E-state index contributed by atoms with van der Waals surface area (Å²) in [4.78, 5) is 18.9. The summed E-state index contributed by atoms with van der Waals surface area (Å²) in [7, 11) is 0. The Bertz CT molecular complexity index is 1240. The van der Waals surface area contributed by atoms with Crippen molar-refractivity contribution in [2.75, 3.05) is 13.1 Å². The van der Waals surface area contributed by atoms with Crippen LogP contribution in [-0.2, 0) is 6.42 Å². The minimum atomic E-state index is -1.17. The van der Waals surface area contributed by atoms with E-state index in [1.807, 2.05) is 48.5 Å². The van der Waals surface area contributed by atoms with E-state index in [0.29, 0.717) is 16.5 Å². The van der Waals surface area contributed by atoms with E-state index < -0.39 is 12.1 Å². The number of benzene rings is 3. The molecular weight excluding hydrogens is 444 g/mol. The molecule has 0 unspecified atom stereocenters. The van der Waals surface area contributed by atoms with E-state index in [4.69, 9.17) is 11.6 Å². The van der Waals surface area contributed by atoms with Crippen LogP contribution in [0.3, 0.4) is 0 Å². The van der Waals surface area contributed by atoms with E-state index in [9.17, 15) is 9.90 Å². The Kier molecular flexibility index (Phi) is 6.82. The number of likely N-dealkylation sites (tertiary alicyclic amines) is 1. The van der Waals surface area contributed by atoms with E-state index in [1.54, 1.807) is 6.20 Å². The predicted molar refractivity (Wildman–Crippen MR) is 137 cm³/mol. The second kappa shape index (κ2) is 10.1. The first kappa shape index (κ1) is 22.9. The van der Waals surface area contributed by atoms with E-state index in [1.165, 1.54) is 5.56 Å².